The van der Waals surface area contributed by atoms with Crippen LogP contribution in [0.3, 0.4) is 0 Å². The van der Waals surface area contributed by atoms with E-state index >= 15 is 0 Å². The number of unbranched alkanes of at least 4 members (excludes halogenated alkanes) is 36. The molecule has 3 aromatic carbocycles. The van der Waals surface area contributed by atoms with Crippen molar-refractivity contribution < 1.29 is 0 Å². The number of hydrogen-bond acceptors (Lipinski definition) is 6. The van der Waals surface area contributed by atoms with Gasteiger partial charge in [-0.1, -0.05) is 259 Å². The summed E-state index contributed by atoms with van der Waals surface area (Å²) in [5, 5.41) is 12.4. The summed E-state index contributed by atoms with van der Waals surface area (Å²) in [5.41, 5.74) is 0. The van der Waals surface area contributed by atoms with Crippen molar-refractivity contribution in [3.8, 4) is 0 Å². The summed E-state index contributed by atoms with van der Waals surface area (Å²) in [4.78, 5) is 6.45. The van der Waals surface area contributed by atoms with E-state index in [0.717, 1.165) is 0 Å². The molecule has 9 rings (SSSR count). The van der Waals surface area contributed by atoms with E-state index in [1.165, 1.54) is 303 Å². The molecule has 6 aromatic heterocycles. The van der Waals surface area contributed by atoms with E-state index in [1.54, 1.807) is 80.0 Å². The molecule has 0 fully saturated rings. The van der Waals surface area contributed by atoms with E-state index in [9.17, 15) is 0 Å². The standard InChI is InChI=1S/C74H106S6/c1-5-9-13-17-21-25-29-33-37-41-45-55-49-59-61-51-57(47-43-39-35-31-27-23-19-15-11-7-3)77-71(61)73-67(69(59)75-55)63-53-66-64(54-65(63)79-73)68-70-60(50-56(76-70)46-42-38-34-30-26-22-18-14-10-6-2)62-52-58(78-72(62)74(68)80-66)48-44-40-36-32-28-24-20-16-12-8-4/h49-54H,5-48H2,1-4H3. The zero-order chi connectivity index (χ0) is 55.1. The third-order valence-electron chi connectivity index (χ3n) is 18.2. The fourth-order valence-corrected chi connectivity index (χ4v) is 21.2. The van der Waals surface area contributed by atoms with Crippen LogP contribution in [-0.2, 0) is 25.7 Å². The number of benzene rings is 3. The SMILES string of the molecule is CCCCCCCCCCCCc1cc2c3cc(CCCCCCCCCCCC)sc3c3c4cc5sc6c7sc(CCCCCCCCCCCC)cc7c7cc(CCCCCCCCCCCC)sc7c6c5cc4sc3c2s1. The van der Waals surface area contributed by atoms with E-state index in [1.807, 2.05) is 0 Å². The molecule has 0 radical (unpaired) electrons. The molecule has 9 aromatic rings. The second-order valence-electron chi connectivity index (χ2n) is 25.0. The second kappa shape index (κ2) is 34.2. The predicted molar refractivity (Wildman–Crippen MR) is 376 cm³/mol. The van der Waals surface area contributed by atoms with Gasteiger partial charge in [0.05, 0.1) is 18.8 Å². The third-order valence-corrected chi connectivity index (χ3v) is 25.6. The van der Waals surface area contributed by atoms with E-state index in [4.69, 9.17) is 0 Å². The first-order valence-corrected chi connectivity index (χ1v) is 39.1. The van der Waals surface area contributed by atoms with Crippen LogP contribution in [0.25, 0.3) is 80.7 Å². The molecule has 0 aliphatic heterocycles. The highest BCUT2D eigenvalue weighted by Crippen LogP contribution is 2.54. The maximum absolute atomic E-state index is 2.69. The van der Waals surface area contributed by atoms with Crippen LogP contribution < -0.4 is 0 Å². The van der Waals surface area contributed by atoms with Crippen molar-refractivity contribution in [3.05, 3.63) is 55.9 Å². The highest BCUT2D eigenvalue weighted by Gasteiger charge is 2.23. The van der Waals surface area contributed by atoms with Gasteiger partial charge in [-0.05, 0) is 87.8 Å². The summed E-state index contributed by atoms with van der Waals surface area (Å²) in [6.07, 6.45) is 61.0. The lowest BCUT2D eigenvalue weighted by molar-refractivity contribution is 0.557. The van der Waals surface area contributed by atoms with Gasteiger partial charge in [-0.2, -0.15) is 0 Å². The topological polar surface area (TPSA) is 0 Å². The lowest BCUT2D eigenvalue weighted by Crippen LogP contribution is -1.84. The van der Waals surface area contributed by atoms with Gasteiger partial charge >= 0.3 is 0 Å². The number of hydrogen-bond donors (Lipinski definition) is 0. The van der Waals surface area contributed by atoms with Crippen LogP contribution in [0.1, 0.15) is 304 Å². The Morgan fingerprint density at radius 1 is 0.200 bits per heavy atom. The highest BCUT2D eigenvalue weighted by atomic mass is 32.1. The molecule has 0 aliphatic rings. The van der Waals surface area contributed by atoms with Crippen LogP contribution in [0.5, 0.6) is 0 Å². The molecule has 0 bridgehead atoms. The number of aryl methyl sites for hydroxylation is 4. The molecule has 6 heteroatoms. The molecule has 0 unspecified atom stereocenters. The summed E-state index contributed by atoms with van der Waals surface area (Å²) < 4.78 is 12.4. The van der Waals surface area contributed by atoms with Crippen LogP contribution in [0, 0.1) is 0 Å². The Morgan fingerprint density at radius 3 is 0.662 bits per heavy atom. The maximum atomic E-state index is 2.69. The summed E-state index contributed by atoms with van der Waals surface area (Å²) in [7, 11) is 0. The zero-order valence-electron chi connectivity index (χ0n) is 51.0. The average molecular weight is 1190 g/mol. The van der Waals surface area contributed by atoms with Gasteiger partial charge in [0.2, 0.25) is 0 Å². The summed E-state index contributed by atoms with van der Waals surface area (Å²) in [6, 6.07) is 16.0. The second-order valence-corrected chi connectivity index (χ2v) is 31.7. The minimum Gasteiger partial charge on any atom is -0.140 e. The summed E-state index contributed by atoms with van der Waals surface area (Å²) >= 11 is 12.8. The molecule has 0 spiro atoms. The number of thiophene rings is 6. The fourth-order valence-electron chi connectivity index (χ4n) is 13.4. The highest BCUT2D eigenvalue weighted by molar-refractivity contribution is 7.34. The van der Waals surface area contributed by atoms with Gasteiger partial charge < -0.3 is 0 Å². The largest absolute Gasteiger partial charge is 0.140 e. The Labute approximate surface area is 510 Å². The Balaban J connectivity index is 0.998. The molecule has 0 nitrogen and oxygen atoms in total. The van der Waals surface area contributed by atoms with Crippen molar-refractivity contribution in [1.82, 2.24) is 0 Å². The van der Waals surface area contributed by atoms with Crippen molar-refractivity contribution >= 4 is 149 Å². The van der Waals surface area contributed by atoms with Crippen molar-refractivity contribution in [2.45, 2.75) is 310 Å². The van der Waals surface area contributed by atoms with Gasteiger partial charge in [-0.15, -0.1) is 68.0 Å². The Hall–Kier alpha value is -2.06. The van der Waals surface area contributed by atoms with Gasteiger partial charge in [0.25, 0.3) is 0 Å². The molecule has 80 heavy (non-hydrogen) atoms. The van der Waals surface area contributed by atoms with Gasteiger partial charge in [0.1, 0.15) is 0 Å². The maximum Gasteiger partial charge on any atom is 0.0548 e. The van der Waals surface area contributed by atoms with E-state index in [-0.39, 0.29) is 0 Å². The molecular weight excluding hydrogens is 1080 g/mol. The average Bonchev–Trinajstić information content (AvgIpc) is 4.54. The molecular formula is C74H106S6. The van der Waals surface area contributed by atoms with Crippen LogP contribution in [0.4, 0.5) is 0 Å². The monoisotopic (exact) mass is 1190 g/mol. The smallest absolute Gasteiger partial charge is 0.0548 e. The molecule has 0 aliphatic carbocycles. The molecule has 0 atom stereocenters. The Morgan fingerprint density at radius 2 is 0.412 bits per heavy atom. The fraction of sp³-hybridized carbons (Fsp3) is 0.649. The summed E-state index contributed by atoms with van der Waals surface area (Å²) in [6.45, 7) is 9.31. The third kappa shape index (κ3) is 17.1. The first kappa shape index (κ1) is 62.5. The molecule has 0 saturated carbocycles. The molecule has 0 N–H and O–H groups in total. The van der Waals surface area contributed by atoms with Gasteiger partial charge in [0.15, 0.2) is 0 Å². The first-order chi connectivity index (χ1) is 39.6. The van der Waals surface area contributed by atoms with E-state index in [0.29, 0.717) is 0 Å². The van der Waals surface area contributed by atoms with Gasteiger partial charge in [-0.25, -0.2) is 0 Å². The first-order valence-electron chi connectivity index (χ1n) is 34.2. The lowest BCUT2D eigenvalue weighted by atomic mass is 10.0. The Kier molecular flexibility index (Phi) is 26.7. The number of fused-ring (bicyclic) bond motifs is 16. The van der Waals surface area contributed by atoms with Crippen molar-refractivity contribution in [1.29, 1.82) is 0 Å². The van der Waals surface area contributed by atoms with Gasteiger partial charge in [-0.3, -0.25) is 0 Å². The quantitative estimate of drug-likeness (QED) is 0.0334. The molecule has 0 saturated heterocycles. The van der Waals surface area contributed by atoms with Crippen molar-refractivity contribution in [2.75, 3.05) is 0 Å². The number of rotatable bonds is 44. The zero-order valence-corrected chi connectivity index (χ0v) is 55.9. The van der Waals surface area contributed by atoms with E-state index in [2.05, 4.69) is 132 Å². The van der Waals surface area contributed by atoms with Crippen LogP contribution in [0.15, 0.2) is 36.4 Å². The van der Waals surface area contributed by atoms with Gasteiger partial charge in [0, 0.05) is 81.4 Å². The van der Waals surface area contributed by atoms with Crippen LogP contribution >= 0.6 is 68.0 Å². The molecule has 0 amide bonds. The predicted octanol–water partition coefficient (Wildman–Crippen LogP) is 29.1. The van der Waals surface area contributed by atoms with Crippen LogP contribution in [0.2, 0.25) is 0 Å². The molecule has 438 valence electrons. The lowest BCUT2D eigenvalue weighted by Gasteiger charge is -2.02. The molecule has 6 heterocycles. The minimum absolute atomic E-state index is 1.23. The minimum atomic E-state index is 1.23. The van der Waals surface area contributed by atoms with E-state index < -0.39 is 0 Å². The summed E-state index contributed by atoms with van der Waals surface area (Å²) in [5.74, 6) is 0. The van der Waals surface area contributed by atoms with Crippen molar-refractivity contribution in [3.63, 3.8) is 0 Å². The normalized spacial score (nSPS) is 12.4. The van der Waals surface area contributed by atoms with Crippen molar-refractivity contribution in [2.24, 2.45) is 0 Å². The Bertz CT molecular complexity index is 2990. The van der Waals surface area contributed by atoms with Crippen LogP contribution in [-0.4, -0.2) is 0 Å².